The highest BCUT2D eigenvalue weighted by molar-refractivity contribution is 5.99. The molecule has 0 aliphatic rings. The van der Waals surface area contributed by atoms with Crippen LogP contribution >= 0.6 is 0 Å². The summed E-state index contributed by atoms with van der Waals surface area (Å²) in [7, 11) is 1.81. The summed E-state index contributed by atoms with van der Waals surface area (Å²) in [5.74, 6) is 0.0696. The smallest absolute Gasteiger partial charge is 0.343 e. The molecule has 2 rings (SSSR count). The maximum absolute atomic E-state index is 11.9. The number of pyridine rings is 1. The lowest BCUT2D eigenvalue weighted by Gasteiger charge is -2.10. The normalized spacial score (nSPS) is 10.7. The second-order valence-electron chi connectivity index (χ2n) is 4.06. The van der Waals surface area contributed by atoms with Gasteiger partial charge in [0, 0.05) is 13.2 Å². The maximum Gasteiger partial charge on any atom is 0.343 e. The Morgan fingerprint density at radius 2 is 2.11 bits per heavy atom. The van der Waals surface area contributed by atoms with Crippen LogP contribution in [0.4, 0.5) is 0 Å². The van der Waals surface area contributed by atoms with Gasteiger partial charge in [0.25, 0.3) is 0 Å². The Balaban J connectivity index is 2.68. The average molecular weight is 263 g/mol. The number of rotatable bonds is 4. The first kappa shape index (κ1) is 13.3. The fourth-order valence-corrected chi connectivity index (χ4v) is 2.03. The molecule has 0 fully saturated rings. The van der Waals surface area contributed by atoms with E-state index in [0.29, 0.717) is 30.2 Å². The molecule has 2 aromatic heterocycles. The summed E-state index contributed by atoms with van der Waals surface area (Å²) in [4.78, 5) is 16.2. The van der Waals surface area contributed by atoms with Crippen LogP contribution in [0.15, 0.2) is 6.20 Å². The lowest BCUT2D eigenvalue weighted by molar-refractivity contribution is 0.0522. The molecule has 0 aliphatic carbocycles. The Kier molecular flexibility index (Phi) is 3.69. The van der Waals surface area contributed by atoms with E-state index in [4.69, 9.17) is 9.47 Å². The fourth-order valence-electron chi connectivity index (χ4n) is 2.03. The number of carbonyl (C=O) groups is 1. The molecule has 19 heavy (non-hydrogen) atoms. The molecule has 0 amide bonds. The molecule has 0 saturated heterocycles. The molecule has 0 bridgehead atoms. The van der Waals surface area contributed by atoms with Gasteiger partial charge in [-0.2, -0.15) is 5.10 Å². The number of hydrogen-bond donors (Lipinski definition) is 0. The van der Waals surface area contributed by atoms with E-state index >= 15 is 0 Å². The van der Waals surface area contributed by atoms with Crippen LogP contribution in [-0.2, 0) is 11.8 Å². The lowest BCUT2D eigenvalue weighted by atomic mass is 10.1. The van der Waals surface area contributed by atoms with Crippen LogP contribution in [0.1, 0.15) is 29.9 Å². The molecule has 0 radical (unpaired) electrons. The zero-order chi connectivity index (χ0) is 14.0. The molecule has 0 aliphatic heterocycles. The first-order valence-corrected chi connectivity index (χ1v) is 6.22. The minimum Gasteiger partial charge on any atom is -0.492 e. The summed E-state index contributed by atoms with van der Waals surface area (Å²) in [6.45, 7) is 6.27. The predicted molar refractivity (Wildman–Crippen MR) is 70.4 cm³/mol. The second-order valence-corrected chi connectivity index (χ2v) is 4.06. The third-order valence-electron chi connectivity index (χ3n) is 2.76. The fraction of sp³-hybridized carbons (Fsp3) is 0.462. The molecule has 0 spiro atoms. The highest BCUT2D eigenvalue weighted by atomic mass is 16.5. The van der Waals surface area contributed by atoms with Crippen LogP contribution in [0.3, 0.4) is 0 Å². The largest absolute Gasteiger partial charge is 0.492 e. The zero-order valence-corrected chi connectivity index (χ0v) is 11.6. The Hall–Kier alpha value is -2.11. The quantitative estimate of drug-likeness (QED) is 0.787. The van der Waals surface area contributed by atoms with Crippen molar-refractivity contribution in [3.8, 4) is 5.75 Å². The van der Waals surface area contributed by atoms with E-state index in [0.717, 1.165) is 11.1 Å². The van der Waals surface area contributed by atoms with Crippen LogP contribution in [0.5, 0.6) is 5.75 Å². The molecule has 2 aromatic rings. The molecule has 6 heteroatoms. The third kappa shape index (κ3) is 2.25. The molecule has 0 N–H and O–H groups in total. The van der Waals surface area contributed by atoms with E-state index in [2.05, 4.69) is 10.1 Å². The molecule has 102 valence electrons. The maximum atomic E-state index is 11.9. The number of aromatic nitrogens is 3. The van der Waals surface area contributed by atoms with Gasteiger partial charge in [-0.25, -0.2) is 9.78 Å². The number of ether oxygens (including phenoxy) is 2. The van der Waals surface area contributed by atoms with Crippen molar-refractivity contribution in [2.75, 3.05) is 13.2 Å². The van der Waals surface area contributed by atoms with Gasteiger partial charge in [-0.3, -0.25) is 4.68 Å². The van der Waals surface area contributed by atoms with E-state index in [1.165, 1.54) is 6.20 Å². The number of hydrogen-bond acceptors (Lipinski definition) is 5. The van der Waals surface area contributed by atoms with E-state index in [9.17, 15) is 4.79 Å². The first-order valence-electron chi connectivity index (χ1n) is 6.22. The first-order chi connectivity index (χ1) is 9.10. The van der Waals surface area contributed by atoms with Crippen molar-refractivity contribution >= 4 is 17.0 Å². The second kappa shape index (κ2) is 5.26. The molecule has 0 aromatic carbocycles. The highest BCUT2D eigenvalue weighted by Crippen LogP contribution is 2.31. The summed E-state index contributed by atoms with van der Waals surface area (Å²) in [5, 5.41) is 5.06. The van der Waals surface area contributed by atoms with Crippen molar-refractivity contribution < 1.29 is 14.3 Å². The SMILES string of the molecule is CCOC(=O)c1cnc2c(c(C)nn2C)c1OCC. The Labute approximate surface area is 111 Å². The average Bonchev–Trinajstić information content (AvgIpc) is 2.66. The number of carbonyl (C=O) groups excluding carboxylic acids is 1. The van der Waals surface area contributed by atoms with Gasteiger partial charge < -0.3 is 9.47 Å². The van der Waals surface area contributed by atoms with Gasteiger partial charge in [-0.1, -0.05) is 0 Å². The van der Waals surface area contributed by atoms with Gasteiger partial charge in [0.1, 0.15) is 11.3 Å². The highest BCUT2D eigenvalue weighted by Gasteiger charge is 2.21. The summed E-state index contributed by atoms with van der Waals surface area (Å²) in [5.41, 5.74) is 1.81. The molecule has 0 saturated carbocycles. The number of fused-ring (bicyclic) bond motifs is 1. The van der Waals surface area contributed by atoms with E-state index in [1.807, 2.05) is 20.9 Å². The van der Waals surface area contributed by atoms with Crippen LogP contribution in [0.2, 0.25) is 0 Å². The zero-order valence-electron chi connectivity index (χ0n) is 11.6. The van der Waals surface area contributed by atoms with Crippen molar-refractivity contribution in [1.29, 1.82) is 0 Å². The summed E-state index contributed by atoms with van der Waals surface area (Å²) in [6, 6.07) is 0. The molecule has 6 nitrogen and oxygen atoms in total. The Bertz CT molecular complexity index is 619. The van der Waals surface area contributed by atoms with Crippen LogP contribution < -0.4 is 4.74 Å². The van der Waals surface area contributed by atoms with Crippen LogP contribution in [-0.4, -0.2) is 33.9 Å². The van der Waals surface area contributed by atoms with Crippen molar-refractivity contribution in [2.24, 2.45) is 7.05 Å². The van der Waals surface area contributed by atoms with E-state index in [1.54, 1.807) is 11.6 Å². The van der Waals surface area contributed by atoms with Gasteiger partial charge in [-0.15, -0.1) is 0 Å². The van der Waals surface area contributed by atoms with Gasteiger partial charge in [0.05, 0.1) is 24.3 Å². The van der Waals surface area contributed by atoms with Crippen LogP contribution in [0, 0.1) is 6.92 Å². The summed E-state index contributed by atoms with van der Waals surface area (Å²) >= 11 is 0. The summed E-state index contributed by atoms with van der Waals surface area (Å²) in [6.07, 6.45) is 1.48. The number of aryl methyl sites for hydroxylation is 2. The predicted octanol–water partition coefficient (Wildman–Crippen LogP) is 1.85. The topological polar surface area (TPSA) is 66.2 Å². The molecular formula is C13H17N3O3. The minimum absolute atomic E-state index is 0.314. The van der Waals surface area contributed by atoms with Gasteiger partial charge in [-0.05, 0) is 20.8 Å². The van der Waals surface area contributed by atoms with Crippen molar-refractivity contribution in [2.45, 2.75) is 20.8 Å². The summed E-state index contributed by atoms with van der Waals surface area (Å²) < 4.78 is 12.3. The number of nitrogens with zero attached hydrogens (tertiary/aromatic N) is 3. The van der Waals surface area contributed by atoms with Crippen molar-refractivity contribution in [3.63, 3.8) is 0 Å². The number of esters is 1. The minimum atomic E-state index is -0.427. The van der Waals surface area contributed by atoms with Gasteiger partial charge in [0.15, 0.2) is 5.65 Å². The Morgan fingerprint density at radius 1 is 1.37 bits per heavy atom. The molecule has 0 atom stereocenters. The van der Waals surface area contributed by atoms with Gasteiger partial charge >= 0.3 is 5.97 Å². The van der Waals surface area contributed by atoms with E-state index in [-0.39, 0.29) is 0 Å². The lowest BCUT2D eigenvalue weighted by Crippen LogP contribution is -2.09. The molecule has 0 unspecified atom stereocenters. The van der Waals surface area contributed by atoms with Crippen LogP contribution in [0.25, 0.3) is 11.0 Å². The van der Waals surface area contributed by atoms with E-state index < -0.39 is 5.97 Å². The standard InChI is InChI=1S/C13H17N3O3/c1-5-18-11-9(13(17)19-6-2)7-14-12-10(11)8(3)15-16(12)4/h7H,5-6H2,1-4H3. The third-order valence-corrected chi connectivity index (χ3v) is 2.76. The van der Waals surface area contributed by atoms with Crippen molar-refractivity contribution in [3.05, 3.63) is 17.5 Å². The molecular weight excluding hydrogens is 246 g/mol. The van der Waals surface area contributed by atoms with Gasteiger partial charge in [0.2, 0.25) is 0 Å². The van der Waals surface area contributed by atoms with Crippen molar-refractivity contribution in [1.82, 2.24) is 14.8 Å². The Morgan fingerprint density at radius 3 is 2.74 bits per heavy atom. The monoisotopic (exact) mass is 263 g/mol. The molecule has 2 heterocycles.